The third-order valence-electron chi connectivity index (χ3n) is 5.71. The Bertz CT molecular complexity index is 1140. The molecule has 0 saturated carbocycles. The lowest BCUT2D eigenvalue weighted by molar-refractivity contribution is -0.129. The van der Waals surface area contributed by atoms with Crippen molar-refractivity contribution in [1.82, 2.24) is 20.3 Å². The average molecular weight is 509 g/mol. The lowest BCUT2D eigenvalue weighted by Gasteiger charge is -2.21. The molecule has 35 heavy (non-hydrogen) atoms. The first-order chi connectivity index (χ1) is 16.5. The fourth-order valence-electron chi connectivity index (χ4n) is 3.54. The highest BCUT2D eigenvalue weighted by Gasteiger charge is 2.26. The highest BCUT2D eigenvalue weighted by Crippen LogP contribution is 2.16. The molecular weight excluding hydrogens is 476 g/mol. The molecule has 192 valence electrons. The van der Waals surface area contributed by atoms with Gasteiger partial charge in [0, 0.05) is 31.7 Å². The molecule has 1 aromatic carbocycles. The molecule has 0 aliphatic carbocycles. The second-order valence-corrected chi connectivity index (χ2v) is 11.0. The van der Waals surface area contributed by atoms with Crippen LogP contribution in [0.2, 0.25) is 0 Å². The number of carbonyl (C=O) groups excluding carboxylic acids is 2. The Labute approximate surface area is 204 Å². The van der Waals surface area contributed by atoms with E-state index < -0.39 is 38.9 Å². The van der Waals surface area contributed by atoms with E-state index in [4.69, 9.17) is 10.3 Å². The van der Waals surface area contributed by atoms with E-state index in [1.54, 1.807) is 16.7 Å². The molecule has 4 N–H and O–H groups in total. The Balaban J connectivity index is 2.33. The van der Waals surface area contributed by atoms with Gasteiger partial charge in [-0.25, -0.2) is 23.7 Å². The molecule has 0 saturated heterocycles. The lowest BCUT2D eigenvalue weighted by atomic mass is 10.1. The molecule has 1 heterocycles. The first kappa shape index (κ1) is 28.0. The van der Waals surface area contributed by atoms with Crippen molar-refractivity contribution in [3.8, 4) is 0 Å². The molecule has 2 aromatic rings. The number of aromatic carboxylic acids is 1. The SMILES string of the molecule is CCCCc1ncc(C(=O)NC(CC(=O)NO)CC(C)S(C)(=O)=O)n1Cc1ccc(C(=O)O)cc1. The monoisotopic (exact) mass is 508 g/mol. The Kier molecular flexibility index (Phi) is 9.96. The average Bonchev–Trinajstić information content (AvgIpc) is 3.19. The molecule has 0 aliphatic heterocycles. The number of carbonyl (C=O) groups is 3. The van der Waals surface area contributed by atoms with E-state index in [9.17, 15) is 22.8 Å². The fourth-order valence-corrected chi connectivity index (χ4v) is 4.12. The van der Waals surface area contributed by atoms with E-state index in [0.717, 1.165) is 24.7 Å². The van der Waals surface area contributed by atoms with Crippen LogP contribution in [0.1, 0.15) is 71.8 Å². The third-order valence-corrected chi connectivity index (χ3v) is 7.36. The number of sulfone groups is 1. The van der Waals surface area contributed by atoms with Gasteiger partial charge in [0.25, 0.3) is 5.91 Å². The molecule has 1 aromatic heterocycles. The quantitative estimate of drug-likeness (QED) is 0.235. The summed E-state index contributed by atoms with van der Waals surface area (Å²) in [7, 11) is -3.41. The number of unbranched alkanes of at least 4 members (excludes halogenated alkanes) is 1. The van der Waals surface area contributed by atoms with Crippen molar-refractivity contribution >= 4 is 27.6 Å². The fraction of sp³-hybridized carbons (Fsp3) is 0.478. The summed E-state index contributed by atoms with van der Waals surface area (Å²) in [5.74, 6) is -1.66. The van der Waals surface area contributed by atoms with Crippen LogP contribution >= 0.6 is 0 Å². The summed E-state index contributed by atoms with van der Waals surface area (Å²) in [6.45, 7) is 3.79. The van der Waals surface area contributed by atoms with E-state index in [1.807, 2.05) is 6.92 Å². The molecule has 0 radical (unpaired) electrons. The number of rotatable bonds is 13. The van der Waals surface area contributed by atoms with Crippen LogP contribution in [0, 0.1) is 0 Å². The zero-order valence-corrected chi connectivity index (χ0v) is 20.8. The number of hydrogen-bond acceptors (Lipinski definition) is 7. The number of carboxylic acids is 1. The van der Waals surface area contributed by atoms with Gasteiger partial charge < -0.3 is 15.0 Å². The third kappa shape index (κ3) is 8.18. The number of hydrogen-bond donors (Lipinski definition) is 4. The number of aromatic nitrogens is 2. The van der Waals surface area contributed by atoms with Gasteiger partial charge in [-0.1, -0.05) is 25.5 Å². The molecule has 0 spiro atoms. The topological polar surface area (TPSA) is 168 Å². The van der Waals surface area contributed by atoms with Crippen LogP contribution < -0.4 is 10.8 Å². The van der Waals surface area contributed by atoms with Gasteiger partial charge in [0.05, 0.1) is 17.0 Å². The standard InChI is InChI=1S/C23H32N4O7S/c1-4-5-6-20-24-13-19(27(20)14-16-7-9-17(10-8-16)23(30)31)22(29)25-18(12-21(28)26-32)11-15(2)35(3,33)34/h7-10,13,15,18,32H,4-6,11-12,14H2,1-3H3,(H,25,29)(H,26,28)(H,30,31). The molecule has 0 fully saturated rings. The Morgan fingerprint density at radius 1 is 1.17 bits per heavy atom. The maximum Gasteiger partial charge on any atom is 0.335 e. The van der Waals surface area contributed by atoms with Crippen LogP contribution in [0.5, 0.6) is 0 Å². The molecule has 11 nitrogen and oxygen atoms in total. The first-order valence-corrected chi connectivity index (χ1v) is 13.2. The van der Waals surface area contributed by atoms with Crippen molar-refractivity contribution in [2.75, 3.05) is 6.26 Å². The summed E-state index contributed by atoms with van der Waals surface area (Å²) in [5, 5.41) is 19.9. The van der Waals surface area contributed by atoms with Crippen molar-refractivity contribution in [3.05, 3.63) is 53.1 Å². The van der Waals surface area contributed by atoms with Gasteiger partial charge in [0.1, 0.15) is 21.4 Å². The van der Waals surface area contributed by atoms with Gasteiger partial charge in [-0.2, -0.15) is 0 Å². The molecule has 0 bridgehead atoms. The maximum absolute atomic E-state index is 13.2. The van der Waals surface area contributed by atoms with Gasteiger partial charge >= 0.3 is 5.97 Å². The summed E-state index contributed by atoms with van der Waals surface area (Å²) in [4.78, 5) is 40.5. The van der Waals surface area contributed by atoms with Crippen LogP contribution in [0.3, 0.4) is 0 Å². The van der Waals surface area contributed by atoms with E-state index in [2.05, 4.69) is 10.3 Å². The number of carboxylic acid groups (broad SMARTS) is 1. The first-order valence-electron chi connectivity index (χ1n) is 11.3. The predicted molar refractivity (Wildman–Crippen MR) is 128 cm³/mol. The summed E-state index contributed by atoms with van der Waals surface area (Å²) in [6.07, 6.45) is 4.56. The largest absolute Gasteiger partial charge is 0.478 e. The minimum absolute atomic E-state index is 0.0223. The number of nitrogens with one attached hydrogen (secondary N) is 2. The van der Waals surface area contributed by atoms with Crippen molar-refractivity contribution in [2.45, 2.75) is 63.8 Å². The number of benzene rings is 1. The van der Waals surface area contributed by atoms with Crippen molar-refractivity contribution in [1.29, 1.82) is 0 Å². The zero-order valence-electron chi connectivity index (χ0n) is 20.0. The number of hydroxylamine groups is 1. The molecule has 2 rings (SSSR count). The number of imidazole rings is 1. The van der Waals surface area contributed by atoms with Crippen LogP contribution in [-0.4, -0.2) is 63.6 Å². The second kappa shape index (κ2) is 12.5. The van der Waals surface area contributed by atoms with Gasteiger partial charge in [-0.05, 0) is 37.5 Å². The highest BCUT2D eigenvalue weighted by atomic mass is 32.2. The molecular formula is C23H32N4O7S. The van der Waals surface area contributed by atoms with E-state index >= 15 is 0 Å². The smallest absolute Gasteiger partial charge is 0.335 e. The minimum Gasteiger partial charge on any atom is -0.478 e. The zero-order chi connectivity index (χ0) is 26.2. The Morgan fingerprint density at radius 3 is 2.37 bits per heavy atom. The minimum atomic E-state index is -3.41. The van der Waals surface area contributed by atoms with E-state index in [1.165, 1.54) is 30.7 Å². The van der Waals surface area contributed by atoms with Crippen LogP contribution in [-0.2, 0) is 27.6 Å². The lowest BCUT2D eigenvalue weighted by Crippen LogP contribution is -2.42. The number of amides is 2. The maximum atomic E-state index is 13.2. The van der Waals surface area contributed by atoms with Crippen LogP contribution in [0.25, 0.3) is 0 Å². The Hall–Kier alpha value is -3.25. The van der Waals surface area contributed by atoms with Crippen molar-refractivity contribution in [3.63, 3.8) is 0 Å². The van der Waals surface area contributed by atoms with Crippen LogP contribution in [0.4, 0.5) is 0 Å². The van der Waals surface area contributed by atoms with Gasteiger partial charge in [0.15, 0.2) is 0 Å². The molecule has 0 aliphatic rings. The van der Waals surface area contributed by atoms with Gasteiger partial charge in [-0.15, -0.1) is 0 Å². The van der Waals surface area contributed by atoms with E-state index in [-0.39, 0.29) is 30.6 Å². The normalized spacial score (nSPS) is 13.1. The van der Waals surface area contributed by atoms with E-state index in [0.29, 0.717) is 12.2 Å². The number of aryl methyl sites for hydroxylation is 1. The van der Waals surface area contributed by atoms with Gasteiger partial charge in [-0.3, -0.25) is 14.8 Å². The summed E-state index contributed by atoms with van der Waals surface area (Å²) >= 11 is 0. The number of nitrogens with zero attached hydrogens (tertiary/aromatic N) is 2. The summed E-state index contributed by atoms with van der Waals surface area (Å²) in [6, 6.07) is 5.44. The molecule has 2 atom stereocenters. The van der Waals surface area contributed by atoms with Gasteiger partial charge in [0.2, 0.25) is 5.91 Å². The predicted octanol–water partition coefficient (Wildman–Crippen LogP) is 1.79. The summed E-state index contributed by atoms with van der Waals surface area (Å²) in [5.41, 5.74) is 2.64. The molecule has 12 heteroatoms. The highest BCUT2D eigenvalue weighted by molar-refractivity contribution is 7.91. The Morgan fingerprint density at radius 2 is 1.83 bits per heavy atom. The molecule has 2 unspecified atom stereocenters. The summed E-state index contributed by atoms with van der Waals surface area (Å²) < 4.78 is 25.5. The van der Waals surface area contributed by atoms with Crippen molar-refractivity contribution in [2.24, 2.45) is 0 Å². The van der Waals surface area contributed by atoms with Crippen molar-refractivity contribution < 1.29 is 33.1 Å². The van der Waals surface area contributed by atoms with Crippen LogP contribution in [0.15, 0.2) is 30.5 Å². The molecule has 2 amide bonds. The second-order valence-electron chi connectivity index (χ2n) is 8.54.